The number of amides is 2. The van der Waals surface area contributed by atoms with Crippen LogP contribution in [0.1, 0.15) is 44.0 Å². The fourth-order valence-corrected chi connectivity index (χ4v) is 3.76. The van der Waals surface area contributed by atoms with E-state index in [0.29, 0.717) is 29.2 Å². The van der Waals surface area contributed by atoms with Gasteiger partial charge in [0.1, 0.15) is 12.1 Å². The quantitative estimate of drug-likeness (QED) is 0.665. The lowest BCUT2D eigenvalue weighted by atomic mass is 10.0. The van der Waals surface area contributed by atoms with Gasteiger partial charge in [-0.25, -0.2) is 9.97 Å². The first kappa shape index (κ1) is 16.0. The summed E-state index contributed by atoms with van der Waals surface area (Å²) in [4.78, 5) is 33.7. The molecule has 0 radical (unpaired) electrons. The van der Waals surface area contributed by atoms with E-state index in [1.54, 1.807) is 18.1 Å². The van der Waals surface area contributed by atoms with E-state index in [4.69, 9.17) is 4.11 Å². The zero-order valence-corrected chi connectivity index (χ0v) is 16.8. The smallest absolute Gasteiger partial charge is 0.253 e. The Morgan fingerprint density at radius 2 is 2.06 bits per heavy atom. The normalized spacial score (nSPS) is 16.5. The molecule has 1 aromatic carbocycles. The lowest BCUT2D eigenvalue weighted by molar-refractivity contribution is -0.117. The number of hydrogen-bond acceptors (Lipinski definition) is 5. The Kier molecular flexibility index (Phi) is 3.84. The number of aryl methyl sites for hydroxylation is 1. The second kappa shape index (κ2) is 7.46. The predicted octanol–water partition coefficient (Wildman–Crippen LogP) is 2.68. The molecule has 8 heteroatoms. The van der Waals surface area contributed by atoms with Crippen molar-refractivity contribution < 1.29 is 13.7 Å². The molecule has 0 saturated heterocycles. The van der Waals surface area contributed by atoms with Crippen molar-refractivity contribution >= 4 is 29.3 Å². The van der Waals surface area contributed by atoms with Crippen LogP contribution in [0.25, 0.3) is 23.0 Å². The molecule has 1 saturated carbocycles. The third kappa shape index (κ3) is 3.61. The number of allylic oxidation sites excluding steroid dienone is 1. The summed E-state index contributed by atoms with van der Waals surface area (Å²) in [5, 5.41) is 9.26. The summed E-state index contributed by atoms with van der Waals surface area (Å²) in [6.45, 7) is -2.63. The molecule has 1 fully saturated rings. The SMILES string of the molecule is [2H]C([2H])([2H])NC(=O)c1cnc(NC(=O)C2CC2)c2c1C=C(c1cccc(-c3ncn(C)n3)c1)C2. The highest BCUT2D eigenvalue weighted by Gasteiger charge is 2.31. The van der Waals surface area contributed by atoms with Crippen LogP contribution in [0.15, 0.2) is 36.8 Å². The van der Waals surface area contributed by atoms with Gasteiger partial charge < -0.3 is 10.6 Å². The maximum absolute atomic E-state index is 12.7. The largest absolute Gasteiger partial charge is 0.355 e. The second-order valence-electron chi connectivity index (χ2n) is 7.80. The number of hydrogen-bond donors (Lipinski definition) is 2. The van der Waals surface area contributed by atoms with Crippen LogP contribution in [0.3, 0.4) is 0 Å². The molecular weight excluding hydrogens is 392 g/mol. The molecule has 8 nitrogen and oxygen atoms in total. The van der Waals surface area contributed by atoms with Gasteiger partial charge in [-0.2, -0.15) is 5.10 Å². The van der Waals surface area contributed by atoms with E-state index in [2.05, 4.69) is 20.4 Å². The Labute approximate surface area is 183 Å². The van der Waals surface area contributed by atoms with E-state index in [0.717, 1.165) is 29.5 Å². The monoisotopic (exact) mass is 417 g/mol. The Bertz CT molecular complexity index is 1340. The van der Waals surface area contributed by atoms with Gasteiger partial charge in [-0.05, 0) is 41.7 Å². The van der Waals surface area contributed by atoms with Gasteiger partial charge in [0.2, 0.25) is 5.91 Å². The molecule has 0 atom stereocenters. The summed E-state index contributed by atoms with van der Waals surface area (Å²) in [6, 6.07) is 7.73. The van der Waals surface area contributed by atoms with Gasteiger partial charge in [-0.1, -0.05) is 18.2 Å². The number of benzene rings is 1. The molecule has 2 aliphatic carbocycles. The van der Waals surface area contributed by atoms with Gasteiger partial charge in [-0.3, -0.25) is 14.3 Å². The molecule has 2 amide bonds. The van der Waals surface area contributed by atoms with E-state index < -0.39 is 12.9 Å². The van der Waals surface area contributed by atoms with Gasteiger partial charge in [0, 0.05) is 47.8 Å². The number of carbonyl (C=O) groups excluding carboxylic acids is 2. The first-order valence-corrected chi connectivity index (χ1v) is 10.0. The van der Waals surface area contributed by atoms with E-state index in [1.165, 1.54) is 6.20 Å². The zero-order valence-electron chi connectivity index (χ0n) is 19.8. The fourth-order valence-electron chi connectivity index (χ4n) is 3.76. The van der Waals surface area contributed by atoms with E-state index >= 15 is 0 Å². The van der Waals surface area contributed by atoms with Gasteiger partial charge in [0.05, 0.1) is 5.56 Å². The highest BCUT2D eigenvalue weighted by Crippen LogP contribution is 2.38. The van der Waals surface area contributed by atoms with Gasteiger partial charge >= 0.3 is 0 Å². The lowest BCUT2D eigenvalue weighted by Crippen LogP contribution is -2.21. The van der Waals surface area contributed by atoms with Crippen LogP contribution >= 0.6 is 0 Å². The Morgan fingerprint density at radius 1 is 1.23 bits per heavy atom. The fraction of sp³-hybridized carbons (Fsp3) is 0.261. The number of rotatable bonds is 5. The summed E-state index contributed by atoms with van der Waals surface area (Å²) in [6.07, 6.45) is 6.93. The van der Waals surface area contributed by atoms with Crippen molar-refractivity contribution in [3.05, 3.63) is 59.0 Å². The molecule has 0 unspecified atom stereocenters. The maximum atomic E-state index is 12.7. The molecule has 31 heavy (non-hydrogen) atoms. The van der Waals surface area contributed by atoms with E-state index in [1.807, 2.05) is 35.7 Å². The molecule has 5 rings (SSSR count). The van der Waals surface area contributed by atoms with Crippen molar-refractivity contribution in [1.29, 1.82) is 0 Å². The number of nitrogens with one attached hydrogen (secondary N) is 2. The highest BCUT2D eigenvalue weighted by molar-refractivity contribution is 6.04. The van der Waals surface area contributed by atoms with Crippen molar-refractivity contribution in [2.24, 2.45) is 13.0 Å². The number of aromatic nitrogens is 4. The van der Waals surface area contributed by atoms with Crippen molar-refractivity contribution in [3.8, 4) is 11.4 Å². The van der Waals surface area contributed by atoms with E-state index in [-0.39, 0.29) is 17.4 Å². The van der Waals surface area contributed by atoms with Gasteiger partial charge in [-0.15, -0.1) is 0 Å². The number of fused-ring (bicyclic) bond motifs is 1. The summed E-state index contributed by atoms with van der Waals surface area (Å²) in [5.74, 6) is 0.148. The van der Waals surface area contributed by atoms with Crippen LogP contribution in [-0.2, 0) is 18.3 Å². The van der Waals surface area contributed by atoms with Crippen molar-refractivity contribution in [2.75, 3.05) is 12.3 Å². The Hall–Kier alpha value is -3.81. The number of carbonyl (C=O) groups is 2. The van der Waals surface area contributed by atoms with Gasteiger partial charge in [0.25, 0.3) is 5.91 Å². The molecule has 156 valence electrons. The average Bonchev–Trinajstić information content (AvgIpc) is 3.39. The minimum Gasteiger partial charge on any atom is -0.355 e. The number of anilines is 1. The molecule has 2 heterocycles. The van der Waals surface area contributed by atoms with Crippen LogP contribution in [0, 0.1) is 5.92 Å². The van der Waals surface area contributed by atoms with Crippen LogP contribution in [0.5, 0.6) is 0 Å². The molecule has 0 bridgehead atoms. The zero-order chi connectivity index (χ0) is 24.0. The standard InChI is InChI=1S/C23H22N6O2/c1-24-23(31)19-11-25-21(27-22(30)13-6-7-13)18-10-16(9-17(18)19)14-4-3-5-15(8-14)20-26-12-29(2)28-20/h3-5,8-9,11-13H,6-7,10H2,1-2H3,(H,24,31)(H,25,27,30)/i1D3. The summed E-state index contributed by atoms with van der Waals surface area (Å²) < 4.78 is 23.7. The van der Waals surface area contributed by atoms with Crippen LogP contribution in [0.2, 0.25) is 0 Å². The summed E-state index contributed by atoms with van der Waals surface area (Å²) in [5.41, 5.74) is 4.04. The highest BCUT2D eigenvalue weighted by atomic mass is 16.2. The molecule has 2 aliphatic rings. The topological polar surface area (TPSA) is 102 Å². The Balaban J connectivity index is 1.52. The molecule has 3 aromatic rings. The average molecular weight is 417 g/mol. The Morgan fingerprint density at radius 3 is 2.81 bits per heavy atom. The van der Waals surface area contributed by atoms with E-state index in [9.17, 15) is 9.59 Å². The lowest BCUT2D eigenvalue weighted by Gasteiger charge is -2.12. The third-order valence-corrected chi connectivity index (χ3v) is 5.55. The van der Waals surface area contributed by atoms with Crippen molar-refractivity contribution in [1.82, 2.24) is 25.1 Å². The van der Waals surface area contributed by atoms with Crippen LogP contribution in [-0.4, -0.2) is 38.5 Å². The number of pyridine rings is 1. The molecule has 2 N–H and O–H groups in total. The first-order valence-electron chi connectivity index (χ1n) is 11.5. The molecule has 2 aromatic heterocycles. The molecule has 0 aliphatic heterocycles. The summed E-state index contributed by atoms with van der Waals surface area (Å²) >= 11 is 0. The molecule has 0 spiro atoms. The summed E-state index contributed by atoms with van der Waals surface area (Å²) in [7, 11) is 1.80. The first-order chi connectivity index (χ1) is 16.2. The van der Waals surface area contributed by atoms with Crippen LogP contribution in [0.4, 0.5) is 5.82 Å². The van der Waals surface area contributed by atoms with Crippen molar-refractivity contribution in [3.63, 3.8) is 0 Å². The number of nitrogens with zero attached hydrogens (tertiary/aromatic N) is 4. The van der Waals surface area contributed by atoms with Crippen molar-refractivity contribution in [2.45, 2.75) is 19.3 Å². The van der Waals surface area contributed by atoms with Crippen LogP contribution < -0.4 is 10.6 Å². The third-order valence-electron chi connectivity index (χ3n) is 5.55. The second-order valence-corrected chi connectivity index (χ2v) is 7.80. The van der Waals surface area contributed by atoms with Gasteiger partial charge in [0.15, 0.2) is 5.82 Å². The predicted molar refractivity (Wildman–Crippen MR) is 117 cm³/mol. The minimum absolute atomic E-state index is 0.00706. The minimum atomic E-state index is -2.63. The maximum Gasteiger partial charge on any atom is 0.253 e. The molecular formula is C23H22N6O2.